The van der Waals surface area contributed by atoms with Crippen molar-refractivity contribution in [1.29, 1.82) is 0 Å². The molecular formula is C19H23NO5S. The maximum atomic E-state index is 12.4. The SMILES string of the molecule is COc1ccccc1CCCCNS(=O)(=O)c1ccc2c(c1)OCCO2. The number of fused-ring (bicyclic) bond motifs is 1. The van der Waals surface area contributed by atoms with Gasteiger partial charge in [0.05, 0.1) is 12.0 Å². The number of hydrogen-bond donors (Lipinski definition) is 1. The Balaban J connectivity index is 1.51. The second-order valence-electron chi connectivity index (χ2n) is 5.97. The van der Waals surface area contributed by atoms with Crippen LogP contribution in [0.25, 0.3) is 0 Å². The quantitative estimate of drug-likeness (QED) is 0.716. The number of benzene rings is 2. The molecule has 0 saturated heterocycles. The van der Waals surface area contributed by atoms with Gasteiger partial charge in [-0.1, -0.05) is 18.2 Å². The van der Waals surface area contributed by atoms with Crippen LogP contribution in [0.1, 0.15) is 18.4 Å². The van der Waals surface area contributed by atoms with Crippen LogP contribution in [-0.4, -0.2) is 35.3 Å². The van der Waals surface area contributed by atoms with Gasteiger partial charge in [-0.2, -0.15) is 0 Å². The largest absolute Gasteiger partial charge is 0.496 e. The molecule has 26 heavy (non-hydrogen) atoms. The molecule has 1 heterocycles. The average Bonchev–Trinajstić information content (AvgIpc) is 2.67. The molecule has 1 aliphatic rings. The monoisotopic (exact) mass is 377 g/mol. The van der Waals surface area contributed by atoms with E-state index >= 15 is 0 Å². The van der Waals surface area contributed by atoms with Crippen LogP contribution in [0.5, 0.6) is 17.2 Å². The lowest BCUT2D eigenvalue weighted by Crippen LogP contribution is -2.25. The van der Waals surface area contributed by atoms with E-state index in [1.54, 1.807) is 13.2 Å². The summed E-state index contributed by atoms with van der Waals surface area (Å²) in [6, 6.07) is 12.5. The molecule has 0 bridgehead atoms. The zero-order valence-electron chi connectivity index (χ0n) is 14.7. The Labute approximate surface area is 154 Å². The van der Waals surface area contributed by atoms with E-state index in [1.807, 2.05) is 24.3 Å². The van der Waals surface area contributed by atoms with E-state index in [9.17, 15) is 8.42 Å². The molecule has 0 atom stereocenters. The lowest BCUT2D eigenvalue weighted by Gasteiger charge is -2.18. The van der Waals surface area contributed by atoms with Crippen molar-refractivity contribution >= 4 is 10.0 Å². The van der Waals surface area contributed by atoms with Crippen molar-refractivity contribution in [1.82, 2.24) is 4.72 Å². The molecule has 0 aliphatic carbocycles. The Morgan fingerprint density at radius 2 is 1.81 bits per heavy atom. The lowest BCUT2D eigenvalue weighted by atomic mass is 10.1. The van der Waals surface area contributed by atoms with Gasteiger partial charge in [-0.25, -0.2) is 13.1 Å². The summed E-state index contributed by atoms with van der Waals surface area (Å²) >= 11 is 0. The Hall–Kier alpha value is -2.25. The number of methoxy groups -OCH3 is 1. The normalized spacial score (nSPS) is 13.4. The van der Waals surface area contributed by atoms with Gasteiger partial charge >= 0.3 is 0 Å². The van der Waals surface area contributed by atoms with Gasteiger partial charge in [0.2, 0.25) is 10.0 Å². The molecule has 0 aromatic heterocycles. The third kappa shape index (κ3) is 4.47. The minimum absolute atomic E-state index is 0.187. The standard InChI is InChI=1S/C19H23NO5S/c1-23-17-8-3-2-6-15(17)7-4-5-11-20-26(21,22)16-9-10-18-19(14-16)25-13-12-24-18/h2-3,6,8-10,14,20H,4-5,7,11-13H2,1H3. The Bertz CT molecular complexity index is 851. The topological polar surface area (TPSA) is 73.9 Å². The minimum Gasteiger partial charge on any atom is -0.496 e. The van der Waals surface area contributed by atoms with Gasteiger partial charge in [0.15, 0.2) is 11.5 Å². The zero-order valence-corrected chi connectivity index (χ0v) is 15.6. The van der Waals surface area contributed by atoms with Gasteiger partial charge < -0.3 is 14.2 Å². The first-order valence-electron chi connectivity index (χ1n) is 8.61. The van der Waals surface area contributed by atoms with E-state index in [-0.39, 0.29) is 4.90 Å². The molecule has 140 valence electrons. The highest BCUT2D eigenvalue weighted by molar-refractivity contribution is 7.89. The highest BCUT2D eigenvalue weighted by Crippen LogP contribution is 2.32. The molecule has 3 rings (SSSR count). The van der Waals surface area contributed by atoms with Crippen LogP contribution in [-0.2, 0) is 16.4 Å². The van der Waals surface area contributed by atoms with Crippen molar-refractivity contribution in [3.8, 4) is 17.2 Å². The second kappa shape index (κ2) is 8.42. The summed E-state index contributed by atoms with van der Waals surface area (Å²) in [5.41, 5.74) is 1.13. The third-order valence-corrected chi connectivity index (χ3v) is 5.64. The van der Waals surface area contributed by atoms with Crippen molar-refractivity contribution < 1.29 is 22.6 Å². The summed E-state index contributed by atoms with van der Waals surface area (Å²) in [4.78, 5) is 0.187. The molecule has 0 radical (unpaired) electrons. The lowest BCUT2D eigenvalue weighted by molar-refractivity contribution is 0.171. The first-order chi connectivity index (χ1) is 12.6. The van der Waals surface area contributed by atoms with Gasteiger partial charge in [0.1, 0.15) is 19.0 Å². The molecule has 1 N–H and O–H groups in total. The zero-order chi connectivity index (χ0) is 18.4. The smallest absolute Gasteiger partial charge is 0.240 e. The summed E-state index contributed by atoms with van der Waals surface area (Å²) in [6.45, 7) is 1.28. The molecule has 0 fully saturated rings. The Morgan fingerprint density at radius 3 is 2.62 bits per heavy atom. The summed E-state index contributed by atoms with van der Waals surface area (Å²) in [5, 5.41) is 0. The van der Waals surface area contributed by atoms with E-state index in [0.717, 1.165) is 30.6 Å². The highest BCUT2D eigenvalue weighted by Gasteiger charge is 2.18. The number of unbranched alkanes of at least 4 members (excludes halogenated alkanes) is 1. The van der Waals surface area contributed by atoms with Crippen LogP contribution in [0, 0.1) is 0 Å². The Kier molecular flexibility index (Phi) is 6.00. The van der Waals surface area contributed by atoms with Gasteiger partial charge in [-0.3, -0.25) is 0 Å². The molecule has 0 amide bonds. The average molecular weight is 377 g/mol. The number of nitrogens with one attached hydrogen (secondary N) is 1. The second-order valence-corrected chi connectivity index (χ2v) is 7.74. The number of hydrogen-bond acceptors (Lipinski definition) is 5. The fourth-order valence-electron chi connectivity index (χ4n) is 2.83. The maximum absolute atomic E-state index is 12.4. The number of rotatable bonds is 8. The molecule has 2 aromatic carbocycles. The van der Waals surface area contributed by atoms with E-state index < -0.39 is 10.0 Å². The number of aryl methyl sites for hydroxylation is 1. The van der Waals surface area contributed by atoms with Crippen molar-refractivity contribution in [2.24, 2.45) is 0 Å². The maximum Gasteiger partial charge on any atom is 0.240 e. The van der Waals surface area contributed by atoms with Crippen LogP contribution in [0.2, 0.25) is 0 Å². The van der Waals surface area contributed by atoms with Gasteiger partial charge in [0.25, 0.3) is 0 Å². The summed E-state index contributed by atoms with van der Waals surface area (Å²) in [7, 11) is -1.91. The van der Waals surface area contributed by atoms with Crippen LogP contribution < -0.4 is 18.9 Å². The molecule has 7 heteroatoms. The highest BCUT2D eigenvalue weighted by atomic mass is 32.2. The first-order valence-corrected chi connectivity index (χ1v) is 10.1. The predicted octanol–water partition coefficient (Wildman–Crippen LogP) is 2.77. The minimum atomic E-state index is -3.56. The van der Waals surface area contributed by atoms with Gasteiger partial charge in [-0.15, -0.1) is 0 Å². The molecule has 1 aliphatic heterocycles. The summed E-state index contributed by atoms with van der Waals surface area (Å²) in [5.74, 6) is 1.91. The molecule has 2 aromatic rings. The van der Waals surface area contributed by atoms with Gasteiger partial charge in [-0.05, 0) is 43.0 Å². The van der Waals surface area contributed by atoms with E-state index in [0.29, 0.717) is 31.3 Å². The van der Waals surface area contributed by atoms with Crippen molar-refractivity contribution in [2.75, 3.05) is 26.9 Å². The number of ether oxygens (including phenoxy) is 3. The number of para-hydroxylation sites is 1. The molecule has 6 nitrogen and oxygen atoms in total. The van der Waals surface area contributed by atoms with Crippen LogP contribution >= 0.6 is 0 Å². The fourth-order valence-corrected chi connectivity index (χ4v) is 3.92. The van der Waals surface area contributed by atoms with Crippen LogP contribution in [0.4, 0.5) is 0 Å². The van der Waals surface area contributed by atoms with Crippen molar-refractivity contribution in [2.45, 2.75) is 24.2 Å². The van der Waals surface area contributed by atoms with Crippen LogP contribution in [0.15, 0.2) is 47.4 Å². The van der Waals surface area contributed by atoms with E-state index in [4.69, 9.17) is 14.2 Å². The van der Waals surface area contributed by atoms with Gasteiger partial charge in [0, 0.05) is 12.6 Å². The Morgan fingerprint density at radius 1 is 1.04 bits per heavy atom. The third-order valence-electron chi connectivity index (χ3n) is 4.18. The fraction of sp³-hybridized carbons (Fsp3) is 0.368. The predicted molar refractivity (Wildman–Crippen MR) is 98.6 cm³/mol. The molecule has 0 saturated carbocycles. The number of sulfonamides is 1. The van der Waals surface area contributed by atoms with Crippen LogP contribution in [0.3, 0.4) is 0 Å². The van der Waals surface area contributed by atoms with Crippen molar-refractivity contribution in [3.05, 3.63) is 48.0 Å². The molecule has 0 spiro atoms. The van der Waals surface area contributed by atoms with E-state index in [2.05, 4.69) is 4.72 Å². The van der Waals surface area contributed by atoms with E-state index in [1.165, 1.54) is 12.1 Å². The molecule has 0 unspecified atom stereocenters. The summed E-state index contributed by atoms with van der Waals surface area (Å²) in [6.07, 6.45) is 2.45. The molecular weight excluding hydrogens is 354 g/mol. The van der Waals surface area contributed by atoms with Crippen molar-refractivity contribution in [3.63, 3.8) is 0 Å². The summed E-state index contributed by atoms with van der Waals surface area (Å²) < 4.78 is 43.7. The first kappa shape index (κ1) is 18.5.